The van der Waals surface area contributed by atoms with E-state index in [0.29, 0.717) is 4.31 Å². The van der Waals surface area contributed by atoms with E-state index in [1.165, 1.54) is 31.2 Å². The van der Waals surface area contributed by atoms with E-state index < -0.39 is 49.5 Å². The summed E-state index contributed by atoms with van der Waals surface area (Å²) in [5.74, 6) is -1.82. The number of esters is 1. The first-order valence-corrected chi connectivity index (χ1v) is 8.89. The van der Waals surface area contributed by atoms with Crippen molar-refractivity contribution in [2.45, 2.75) is 11.8 Å². The number of rotatable bonds is 7. The maximum atomic E-state index is 14.2. The Labute approximate surface area is 149 Å². The lowest BCUT2D eigenvalue weighted by Gasteiger charge is -2.23. The zero-order chi connectivity index (χ0) is 19.3. The number of carbonyl (C=O) groups excluding carboxylic acids is 1. The highest BCUT2D eigenvalue weighted by molar-refractivity contribution is 7.93. The van der Waals surface area contributed by atoms with Gasteiger partial charge in [0.05, 0.1) is 17.2 Å². The molecule has 0 unspecified atom stereocenters. The van der Waals surface area contributed by atoms with Crippen LogP contribution in [0.1, 0.15) is 6.92 Å². The summed E-state index contributed by atoms with van der Waals surface area (Å²) in [6, 6.07) is 9.52. The fraction of sp³-hybridized carbons (Fsp3) is 0.188. The second-order valence-corrected chi connectivity index (χ2v) is 6.82. The van der Waals surface area contributed by atoms with Gasteiger partial charge in [-0.1, -0.05) is 24.3 Å². The van der Waals surface area contributed by atoms with Gasteiger partial charge in [-0.3, -0.25) is 19.2 Å². The second-order valence-electron chi connectivity index (χ2n) is 4.99. The maximum Gasteiger partial charge on any atom is 0.326 e. The number of ether oxygens (including phenoxy) is 1. The van der Waals surface area contributed by atoms with Gasteiger partial charge in [-0.2, -0.15) is 0 Å². The number of anilines is 1. The molecule has 0 saturated carbocycles. The van der Waals surface area contributed by atoms with Gasteiger partial charge < -0.3 is 4.74 Å². The Bertz CT molecular complexity index is 932. The highest BCUT2D eigenvalue weighted by Crippen LogP contribution is 2.31. The number of carbonyl (C=O) groups is 1. The minimum Gasteiger partial charge on any atom is -0.465 e. The van der Waals surface area contributed by atoms with Crippen LogP contribution in [-0.4, -0.2) is 32.5 Å². The van der Waals surface area contributed by atoms with E-state index in [2.05, 4.69) is 0 Å². The molecule has 0 aliphatic heterocycles. The fourth-order valence-corrected chi connectivity index (χ4v) is 3.80. The van der Waals surface area contributed by atoms with E-state index in [0.717, 1.165) is 24.3 Å². The van der Waals surface area contributed by atoms with Gasteiger partial charge in [-0.25, -0.2) is 12.8 Å². The molecule has 2 aromatic rings. The summed E-state index contributed by atoms with van der Waals surface area (Å²) >= 11 is 0. The monoisotopic (exact) mass is 382 g/mol. The van der Waals surface area contributed by atoms with E-state index in [4.69, 9.17) is 4.74 Å². The molecule has 0 N–H and O–H groups in total. The van der Waals surface area contributed by atoms with Crippen LogP contribution in [0.25, 0.3) is 0 Å². The normalized spacial score (nSPS) is 11.0. The molecule has 2 aromatic carbocycles. The number of sulfonamides is 1. The van der Waals surface area contributed by atoms with Crippen LogP contribution in [0.5, 0.6) is 0 Å². The van der Waals surface area contributed by atoms with Crippen LogP contribution in [0.4, 0.5) is 15.8 Å². The molecule has 0 aromatic heterocycles. The smallest absolute Gasteiger partial charge is 0.326 e. The largest absolute Gasteiger partial charge is 0.465 e. The van der Waals surface area contributed by atoms with Gasteiger partial charge in [0.2, 0.25) is 0 Å². The molecule has 0 aliphatic rings. The van der Waals surface area contributed by atoms with Gasteiger partial charge in [-0.15, -0.1) is 0 Å². The van der Waals surface area contributed by atoms with Crippen LogP contribution < -0.4 is 4.31 Å². The Hall–Kier alpha value is -3.01. The van der Waals surface area contributed by atoms with Crippen molar-refractivity contribution < 1.29 is 27.3 Å². The third kappa shape index (κ3) is 3.97. The topological polar surface area (TPSA) is 107 Å². The van der Waals surface area contributed by atoms with Gasteiger partial charge in [0.15, 0.2) is 4.90 Å². The molecule has 0 bridgehead atoms. The second kappa shape index (κ2) is 7.91. The molecular formula is C16H15FN2O6S. The molecule has 138 valence electrons. The number of nitrogens with zero attached hydrogens (tertiary/aromatic N) is 2. The van der Waals surface area contributed by atoms with Gasteiger partial charge in [0.25, 0.3) is 15.7 Å². The number of benzene rings is 2. The molecule has 8 nitrogen and oxygen atoms in total. The molecule has 0 fully saturated rings. The average Bonchev–Trinajstić information content (AvgIpc) is 2.60. The lowest BCUT2D eigenvalue weighted by Crippen LogP contribution is -2.37. The predicted octanol–water partition coefficient (Wildman–Crippen LogP) is 2.49. The molecule has 0 atom stereocenters. The fourth-order valence-electron chi connectivity index (χ4n) is 2.22. The first-order chi connectivity index (χ1) is 12.3. The van der Waals surface area contributed by atoms with Crippen LogP contribution in [0.3, 0.4) is 0 Å². The molecular weight excluding hydrogens is 367 g/mol. The Morgan fingerprint density at radius 3 is 2.42 bits per heavy atom. The maximum absolute atomic E-state index is 14.2. The molecule has 26 heavy (non-hydrogen) atoms. The summed E-state index contributed by atoms with van der Waals surface area (Å²) in [4.78, 5) is 21.5. The average molecular weight is 382 g/mol. The van der Waals surface area contributed by atoms with Gasteiger partial charge in [-0.05, 0) is 25.1 Å². The highest BCUT2D eigenvalue weighted by atomic mass is 32.2. The highest BCUT2D eigenvalue weighted by Gasteiger charge is 2.34. The third-order valence-electron chi connectivity index (χ3n) is 3.33. The zero-order valence-electron chi connectivity index (χ0n) is 13.7. The van der Waals surface area contributed by atoms with Crippen LogP contribution in [0.15, 0.2) is 53.4 Å². The number of nitro benzene ring substituents is 1. The van der Waals surface area contributed by atoms with E-state index in [9.17, 15) is 27.7 Å². The van der Waals surface area contributed by atoms with Crippen molar-refractivity contribution in [3.05, 3.63) is 64.5 Å². The first-order valence-electron chi connectivity index (χ1n) is 7.45. The van der Waals surface area contributed by atoms with Crippen LogP contribution >= 0.6 is 0 Å². The molecule has 0 saturated heterocycles. The van der Waals surface area contributed by atoms with Gasteiger partial charge >= 0.3 is 5.97 Å². The summed E-state index contributed by atoms with van der Waals surface area (Å²) in [5, 5.41) is 11.2. The Morgan fingerprint density at radius 1 is 1.19 bits per heavy atom. The van der Waals surface area contributed by atoms with Crippen molar-refractivity contribution in [2.75, 3.05) is 17.5 Å². The van der Waals surface area contributed by atoms with Gasteiger partial charge in [0, 0.05) is 6.07 Å². The minimum atomic E-state index is -4.61. The number of hydrogen-bond donors (Lipinski definition) is 0. The molecule has 0 heterocycles. The van der Waals surface area contributed by atoms with Gasteiger partial charge in [0.1, 0.15) is 12.4 Å². The number of para-hydroxylation sites is 2. The lowest BCUT2D eigenvalue weighted by atomic mass is 10.3. The predicted molar refractivity (Wildman–Crippen MR) is 90.7 cm³/mol. The standard InChI is InChI=1S/C16H15FN2O6S/c1-2-25-16(20)11-18(13-8-4-3-7-12(13)17)26(23,24)15-10-6-5-9-14(15)19(21)22/h3-10H,2,11H2,1H3. The first kappa shape index (κ1) is 19.3. The SMILES string of the molecule is CCOC(=O)CN(c1ccccc1F)S(=O)(=O)c1ccccc1[N+](=O)[O-]. The van der Waals surface area contributed by atoms with Crippen LogP contribution in [-0.2, 0) is 19.6 Å². The van der Waals surface area contributed by atoms with E-state index in [1.54, 1.807) is 0 Å². The van der Waals surface area contributed by atoms with Crippen molar-refractivity contribution in [1.29, 1.82) is 0 Å². The molecule has 10 heteroatoms. The molecule has 0 spiro atoms. The molecule has 0 amide bonds. The Kier molecular flexibility index (Phi) is 5.88. The number of nitro groups is 1. The van der Waals surface area contributed by atoms with E-state index >= 15 is 0 Å². The molecule has 0 aliphatic carbocycles. The quantitative estimate of drug-likeness (QED) is 0.414. The van der Waals surface area contributed by atoms with Crippen molar-refractivity contribution in [3.8, 4) is 0 Å². The van der Waals surface area contributed by atoms with Crippen LogP contribution in [0.2, 0.25) is 0 Å². The van der Waals surface area contributed by atoms with Crippen molar-refractivity contribution in [3.63, 3.8) is 0 Å². The van der Waals surface area contributed by atoms with Crippen molar-refractivity contribution >= 4 is 27.4 Å². The van der Waals surface area contributed by atoms with Crippen LogP contribution in [0, 0.1) is 15.9 Å². The summed E-state index contributed by atoms with van der Waals surface area (Å²) < 4.78 is 45.4. The third-order valence-corrected chi connectivity index (χ3v) is 5.14. The Balaban J connectivity index is 2.63. The summed E-state index contributed by atoms with van der Waals surface area (Å²) in [5.41, 5.74) is -1.10. The lowest BCUT2D eigenvalue weighted by molar-refractivity contribution is -0.387. The summed E-state index contributed by atoms with van der Waals surface area (Å²) in [7, 11) is -4.61. The number of halogens is 1. The number of hydrogen-bond acceptors (Lipinski definition) is 6. The van der Waals surface area contributed by atoms with Crippen molar-refractivity contribution in [2.24, 2.45) is 0 Å². The summed E-state index contributed by atoms with van der Waals surface area (Å²) in [6.45, 7) is 0.695. The molecule has 0 radical (unpaired) electrons. The molecule has 2 rings (SSSR count). The Morgan fingerprint density at radius 2 is 1.81 bits per heavy atom. The van der Waals surface area contributed by atoms with E-state index in [-0.39, 0.29) is 6.61 Å². The summed E-state index contributed by atoms with van der Waals surface area (Å²) in [6.07, 6.45) is 0. The van der Waals surface area contributed by atoms with E-state index in [1.807, 2.05) is 0 Å². The van der Waals surface area contributed by atoms with Crippen molar-refractivity contribution in [1.82, 2.24) is 0 Å². The minimum absolute atomic E-state index is 0.00449. The zero-order valence-corrected chi connectivity index (χ0v) is 14.5.